The van der Waals surface area contributed by atoms with Gasteiger partial charge < -0.3 is 4.90 Å². The van der Waals surface area contributed by atoms with E-state index in [1.54, 1.807) is 0 Å². The molecule has 1 aliphatic carbocycles. The van der Waals surface area contributed by atoms with Crippen LogP contribution in [-0.2, 0) is 4.79 Å². The summed E-state index contributed by atoms with van der Waals surface area (Å²) in [5.41, 5.74) is -0.319. The fourth-order valence-electron chi connectivity index (χ4n) is 3.26. The fourth-order valence-corrected chi connectivity index (χ4v) is 3.26. The van der Waals surface area contributed by atoms with Gasteiger partial charge in [0.05, 0.1) is 12.2 Å². The largest absolute Gasteiger partial charge is 0.325 e. The van der Waals surface area contributed by atoms with E-state index in [1.807, 2.05) is 6.92 Å². The van der Waals surface area contributed by atoms with Gasteiger partial charge in [0.15, 0.2) is 0 Å². The molecule has 0 aromatic rings. The molecule has 1 aliphatic heterocycles. The summed E-state index contributed by atoms with van der Waals surface area (Å²) in [4.78, 5) is 14.6. The molecule has 1 saturated heterocycles. The van der Waals surface area contributed by atoms with Crippen molar-refractivity contribution in [2.75, 3.05) is 6.67 Å². The van der Waals surface area contributed by atoms with Crippen molar-refractivity contribution in [3.63, 3.8) is 0 Å². The van der Waals surface area contributed by atoms with Crippen LogP contribution in [0, 0.1) is 11.8 Å². The van der Waals surface area contributed by atoms with Gasteiger partial charge in [0, 0.05) is 6.04 Å². The molecule has 0 spiro atoms. The lowest BCUT2D eigenvalue weighted by Crippen LogP contribution is -2.48. The van der Waals surface area contributed by atoms with E-state index in [0.717, 1.165) is 19.0 Å². The average Bonchev–Trinajstić information content (AvgIpc) is 2.61. The first kappa shape index (κ1) is 12.9. The van der Waals surface area contributed by atoms with Gasteiger partial charge >= 0.3 is 0 Å². The van der Waals surface area contributed by atoms with Crippen molar-refractivity contribution in [2.24, 2.45) is 11.8 Å². The number of hydrogen-bond acceptors (Lipinski definition) is 2. The molecule has 4 atom stereocenters. The molecular formula is C14H26N2O. The van der Waals surface area contributed by atoms with Crippen LogP contribution >= 0.6 is 0 Å². The van der Waals surface area contributed by atoms with Crippen molar-refractivity contribution in [3.8, 4) is 0 Å². The molecule has 3 nitrogen and oxygen atoms in total. The van der Waals surface area contributed by atoms with E-state index in [4.69, 9.17) is 0 Å². The summed E-state index contributed by atoms with van der Waals surface area (Å²) in [5.74, 6) is 1.69. The normalized spacial score (nSPS) is 43.2. The van der Waals surface area contributed by atoms with Gasteiger partial charge in [-0.25, -0.2) is 0 Å². The Labute approximate surface area is 105 Å². The number of rotatable bonds is 2. The molecular weight excluding hydrogens is 212 g/mol. The Bertz CT molecular complexity index is 305. The van der Waals surface area contributed by atoms with Crippen LogP contribution in [-0.4, -0.2) is 29.1 Å². The second kappa shape index (κ2) is 4.60. The zero-order valence-corrected chi connectivity index (χ0v) is 11.6. The quantitative estimate of drug-likeness (QED) is 0.801. The fraction of sp³-hybridized carbons (Fsp3) is 0.929. The molecule has 0 aromatic heterocycles. The summed E-state index contributed by atoms with van der Waals surface area (Å²) >= 11 is 0. The Morgan fingerprint density at radius 1 is 1.41 bits per heavy atom. The Morgan fingerprint density at radius 2 is 2.12 bits per heavy atom. The third-order valence-electron chi connectivity index (χ3n) is 5.14. The molecule has 2 rings (SSSR count). The molecule has 0 radical (unpaired) electrons. The van der Waals surface area contributed by atoms with Crippen molar-refractivity contribution in [3.05, 3.63) is 0 Å². The number of carbonyl (C=O) groups excluding carboxylic acids is 1. The molecule has 4 unspecified atom stereocenters. The van der Waals surface area contributed by atoms with Crippen LogP contribution in [0.3, 0.4) is 0 Å². The van der Waals surface area contributed by atoms with Gasteiger partial charge in [-0.05, 0) is 31.6 Å². The van der Waals surface area contributed by atoms with Crippen LogP contribution in [0.15, 0.2) is 0 Å². The summed E-state index contributed by atoms with van der Waals surface area (Å²) in [7, 11) is 0. The molecule has 1 heterocycles. The van der Waals surface area contributed by atoms with Crippen molar-refractivity contribution in [1.82, 2.24) is 10.2 Å². The van der Waals surface area contributed by atoms with Gasteiger partial charge in [-0.3, -0.25) is 10.1 Å². The number of amides is 1. The third kappa shape index (κ3) is 2.10. The lowest BCUT2D eigenvalue weighted by Gasteiger charge is -2.39. The minimum atomic E-state index is -0.319. The molecule has 1 saturated carbocycles. The van der Waals surface area contributed by atoms with Crippen molar-refractivity contribution in [1.29, 1.82) is 0 Å². The highest BCUT2D eigenvalue weighted by Gasteiger charge is 2.45. The molecule has 3 heteroatoms. The van der Waals surface area contributed by atoms with Gasteiger partial charge in [0.25, 0.3) is 0 Å². The van der Waals surface area contributed by atoms with Crippen LogP contribution in [0.1, 0.15) is 53.4 Å². The first-order valence-electron chi connectivity index (χ1n) is 7.05. The Balaban J connectivity index is 2.11. The minimum absolute atomic E-state index is 0.311. The third-order valence-corrected chi connectivity index (χ3v) is 5.14. The highest BCUT2D eigenvalue weighted by molar-refractivity contribution is 5.88. The van der Waals surface area contributed by atoms with Crippen molar-refractivity contribution >= 4 is 5.91 Å². The van der Waals surface area contributed by atoms with Gasteiger partial charge in [-0.1, -0.05) is 33.6 Å². The summed E-state index contributed by atoms with van der Waals surface area (Å²) in [6.07, 6.45) is 4.64. The van der Waals surface area contributed by atoms with Crippen LogP contribution in [0.5, 0.6) is 0 Å². The molecule has 17 heavy (non-hydrogen) atoms. The van der Waals surface area contributed by atoms with E-state index >= 15 is 0 Å². The minimum Gasteiger partial charge on any atom is -0.325 e. The van der Waals surface area contributed by atoms with E-state index < -0.39 is 0 Å². The van der Waals surface area contributed by atoms with Gasteiger partial charge in [-0.15, -0.1) is 0 Å². The maximum Gasteiger partial charge on any atom is 0.243 e. The predicted octanol–water partition coefficient (Wildman–Crippen LogP) is 2.37. The molecule has 2 fully saturated rings. The maximum absolute atomic E-state index is 12.5. The zero-order valence-electron chi connectivity index (χ0n) is 11.6. The molecule has 2 aliphatic rings. The second-order valence-corrected chi connectivity index (χ2v) is 6.13. The topological polar surface area (TPSA) is 32.3 Å². The zero-order chi connectivity index (χ0) is 12.6. The highest BCUT2D eigenvalue weighted by Crippen LogP contribution is 2.35. The summed E-state index contributed by atoms with van der Waals surface area (Å²) in [6, 6.07) is 0.451. The Morgan fingerprint density at radius 3 is 2.71 bits per heavy atom. The van der Waals surface area contributed by atoms with Crippen molar-refractivity contribution in [2.45, 2.75) is 65.0 Å². The monoisotopic (exact) mass is 238 g/mol. The van der Waals surface area contributed by atoms with Crippen LogP contribution < -0.4 is 5.32 Å². The first-order chi connectivity index (χ1) is 7.99. The SMILES string of the molecule is CCC1(C)NCN(C2CCCC(C)C2C)C1=O. The number of nitrogens with one attached hydrogen (secondary N) is 1. The highest BCUT2D eigenvalue weighted by atomic mass is 16.2. The van der Waals surface area contributed by atoms with E-state index in [2.05, 4.69) is 31.0 Å². The average molecular weight is 238 g/mol. The lowest BCUT2D eigenvalue weighted by molar-refractivity contribution is -0.135. The van der Waals surface area contributed by atoms with E-state index in [-0.39, 0.29) is 5.54 Å². The number of carbonyl (C=O) groups is 1. The number of nitrogens with zero attached hydrogens (tertiary/aromatic N) is 1. The first-order valence-corrected chi connectivity index (χ1v) is 7.05. The Hall–Kier alpha value is -0.570. The van der Waals surface area contributed by atoms with Crippen LogP contribution in [0.25, 0.3) is 0 Å². The van der Waals surface area contributed by atoms with E-state index in [9.17, 15) is 4.79 Å². The maximum atomic E-state index is 12.5. The standard InChI is InChI=1S/C14H26N2O/c1-5-14(4)13(17)16(9-15-14)12-8-6-7-10(2)11(12)3/h10-12,15H,5-9H2,1-4H3. The molecule has 1 amide bonds. The van der Waals surface area contributed by atoms with Crippen molar-refractivity contribution < 1.29 is 4.79 Å². The number of hydrogen-bond donors (Lipinski definition) is 1. The Kier molecular flexibility index (Phi) is 3.48. The second-order valence-electron chi connectivity index (χ2n) is 6.13. The van der Waals surface area contributed by atoms with Crippen LogP contribution in [0.2, 0.25) is 0 Å². The van der Waals surface area contributed by atoms with Crippen LogP contribution in [0.4, 0.5) is 0 Å². The van der Waals surface area contributed by atoms with Gasteiger partial charge in [0.1, 0.15) is 0 Å². The van der Waals surface area contributed by atoms with E-state index in [0.29, 0.717) is 17.9 Å². The van der Waals surface area contributed by atoms with Gasteiger partial charge in [0.2, 0.25) is 5.91 Å². The molecule has 0 aromatic carbocycles. The summed E-state index contributed by atoms with van der Waals surface area (Å²) in [5, 5.41) is 3.39. The molecule has 1 N–H and O–H groups in total. The van der Waals surface area contributed by atoms with E-state index in [1.165, 1.54) is 19.3 Å². The lowest BCUT2D eigenvalue weighted by atomic mass is 9.77. The molecule has 98 valence electrons. The smallest absolute Gasteiger partial charge is 0.243 e. The summed E-state index contributed by atoms with van der Waals surface area (Å²) in [6.45, 7) is 9.49. The molecule has 0 bridgehead atoms. The summed E-state index contributed by atoms with van der Waals surface area (Å²) < 4.78 is 0. The van der Waals surface area contributed by atoms with Gasteiger partial charge in [-0.2, -0.15) is 0 Å². The predicted molar refractivity (Wildman–Crippen MR) is 69.5 cm³/mol.